The first kappa shape index (κ1) is 13.3. The molecule has 0 unspecified atom stereocenters. The highest BCUT2D eigenvalue weighted by molar-refractivity contribution is 5.85. The molecule has 0 aliphatic heterocycles. The molecule has 1 aromatic rings. The van der Waals surface area contributed by atoms with Gasteiger partial charge in [-0.15, -0.1) is 12.4 Å². The van der Waals surface area contributed by atoms with Crippen LogP contribution in [0.15, 0.2) is 18.3 Å². The van der Waals surface area contributed by atoms with Crippen molar-refractivity contribution in [1.29, 1.82) is 0 Å². The van der Waals surface area contributed by atoms with Crippen LogP contribution in [0.3, 0.4) is 0 Å². The summed E-state index contributed by atoms with van der Waals surface area (Å²) in [5, 5.41) is 0. The summed E-state index contributed by atoms with van der Waals surface area (Å²) in [4.78, 5) is 4.19. The number of nitrogens with zero attached hydrogens (tertiary/aromatic N) is 1. The Kier molecular flexibility index (Phi) is 5.03. The zero-order valence-electron chi connectivity index (χ0n) is 9.56. The zero-order valence-corrected chi connectivity index (χ0v) is 10.4. The first-order valence-corrected chi connectivity index (χ1v) is 5.57. The molecule has 1 aliphatic rings. The van der Waals surface area contributed by atoms with E-state index in [1.807, 2.05) is 18.3 Å². The Labute approximate surface area is 103 Å². The summed E-state index contributed by atoms with van der Waals surface area (Å²) in [7, 11) is 1.62. The van der Waals surface area contributed by atoms with Crippen molar-refractivity contribution in [2.75, 3.05) is 7.11 Å². The molecule has 16 heavy (non-hydrogen) atoms. The second-order valence-electron chi connectivity index (χ2n) is 4.20. The number of pyridine rings is 1. The standard InChI is InChI=1S/C12H18N2O.ClH/c1-15-11-7-6-10(8-14-11)12(13)9-4-2-3-5-9;/h6-9,12H,2-5,13H2,1H3;1H/t12-;/m1./s1. The van der Waals surface area contributed by atoms with Crippen molar-refractivity contribution < 1.29 is 4.74 Å². The number of rotatable bonds is 3. The molecule has 0 aromatic carbocycles. The molecule has 3 nitrogen and oxygen atoms in total. The number of methoxy groups -OCH3 is 1. The third kappa shape index (κ3) is 2.86. The maximum Gasteiger partial charge on any atom is 0.212 e. The quantitative estimate of drug-likeness (QED) is 0.887. The predicted octanol–water partition coefficient (Wildman–Crippen LogP) is 2.70. The molecule has 1 fully saturated rings. The van der Waals surface area contributed by atoms with E-state index in [-0.39, 0.29) is 18.4 Å². The van der Waals surface area contributed by atoms with Gasteiger partial charge in [-0.3, -0.25) is 0 Å². The van der Waals surface area contributed by atoms with E-state index in [0.29, 0.717) is 11.8 Å². The Morgan fingerprint density at radius 1 is 1.38 bits per heavy atom. The molecule has 1 heterocycles. The Morgan fingerprint density at radius 3 is 2.56 bits per heavy atom. The number of ether oxygens (including phenoxy) is 1. The molecule has 1 atom stereocenters. The third-order valence-electron chi connectivity index (χ3n) is 3.26. The van der Waals surface area contributed by atoms with Crippen LogP contribution in [0.25, 0.3) is 0 Å². The molecule has 2 rings (SSSR count). The van der Waals surface area contributed by atoms with Gasteiger partial charge in [0.05, 0.1) is 7.11 Å². The molecule has 1 saturated carbocycles. The van der Waals surface area contributed by atoms with Gasteiger partial charge < -0.3 is 10.5 Å². The number of halogens is 1. The average molecular weight is 243 g/mol. The van der Waals surface area contributed by atoms with Crippen molar-refractivity contribution in [2.24, 2.45) is 11.7 Å². The van der Waals surface area contributed by atoms with Gasteiger partial charge in [-0.25, -0.2) is 4.98 Å². The van der Waals surface area contributed by atoms with Gasteiger partial charge in [0.25, 0.3) is 0 Å². The number of hydrogen-bond acceptors (Lipinski definition) is 3. The van der Waals surface area contributed by atoms with Crippen molar-refractivity contribution in [1.82, 2.24) is 4.98 Å². The van der Waals surface area contributed by atoms with E-state index in [2.05, 4.69) is 4.98 Å². The van der Waals surface area contributed by atoms with E-state index < -0.39 is 0 Å². The summed E-state index contributed by atoms with van der Waals surface area (Å²) in [5.74, 6) is 1.29. The summed E-state index contributed by atoms with van der Waals surface area (Å²) in [6.07, 6.45) is 6.99. The molecule has 1 aromatic heterocycles. The molecule has 1 aliphatic carbocycles. The Balaban J connectivity index is 0.00000128. The van der Waals surface area contributed by atoms with E-state index >= 15 is 0 Å². The van der Waals surface area contributed by atoms with Crippen LogP contribution in [0.4, 0.5) is 0 Å². The molecule has 4 heteroatoms. The molecule has 0 amide bonds. The largest absolute Gasteiger partial charge is 0.481 e. The molecular weight excluding hydrogens is 224 g/mol. The highest BCUT2D eigenvalue weighted by Gasteiger charge is 2.23. The fraction of sp³-hybridized carbons (Fsp3) is 0.583. The van der Waals surface area contributed by atoms with Crippen LogP contribution in [-0.4, -0.2) is 12.1 Å². The van der Waals surface area contributed by atoms with Gasteiger partial charge in [-0.1, -0.05) is 18.9 Å². The van der Waals surface area contributed by atoms with Crippen LogP contribution >= 0.6 is 12.4 Å². The highest BCUT2D eigenvalue weighted by atomic mass is 35.5. The monoisotopic (exact) mass is 242 g/mol. The van der Waals surface area contributed by atoms with Gasteiger partial charge >= 0.3 is 0 Å². The average Bonchev–Trinajstić information content (AvgIpc) is 2.82. The second-order valence-corrected chi connectivity index (χ2v) is 4.20. The van der Waals surface area contributed by atoms with Crippen molar-refractivity contribution in [2.45, 2.75) is 31.7 Å². The minimum atomic E-state index is 0. The van der Waals surface area contributed by atoms with Gasteiger partial charge in [0.2, 0.25) is 5.88 Å². The lowest BCUT2D eigenvalue weighted by Crippen LogP contribution is -2.19. The van der Waals surface area contributed by atoms with Crippen LogP contribution in [-0.2, 0) is 0 Å². The molecule has 0 spiro atoms. The van der Waals surface area contributed by atoms with Crippen LogP contribution in [0, 0.1) is 5.92 Å². The fourth-order valence-electron chi connectivity index (χ4n) is 2.30. The highest BCUT2D eigenvalue weighted by Crippen LogP contribution is 2.34. The van der Waals surface area contributed by atoms with Crippen molar-refractivity contribution in [3.63, 3.8) is 0 Å². The summed E-state index contributed by atoms with van der Waals surface area (Å²) in [6.45, 7) is 0. The minimum Gasteiger partial charge on any atom is -0.481 e. The molecule has 0 saturated heterocycles. The number of hydrogen-bond donors (Lipinski definition) is 1. The van der Waals surface area contributed by atoms with Gasteiger partial charge in [-0.05, 0) is 24.3 Å². The fourth-order valence-corrected chi connectivity index (χ4v) is 2.30. The minimum absolute atomic E-state index is 0. The zero-order chi connectivity index (χ0) is 10.7. The lowest BCUT2D eigenvalue weighted by molar-refractivity contribution is 0.395. The number of nitrogens with two attached hydrogens (primary N) is 1. The van der Waals surface area contributed by atoms with Gasteiger partial charge in [-0.2, -0.15) is 0 Å². The molecule has 90 valence electrons. The second kappa shape index (κ2) is 6.06. The summed E-state index contributed by atoms with van der Waals surface area (Å²) in [5.41, 5.74) is 7.34. The van der Waals surface area contributed by atoms with Crippen molar-refractivity contribution >= 4 is 12.4 Å². The summed E-state index contributed by atoms with van der Waals surface area (Å²) >= 11 is 0. The Bertz CT molecular complexity index is 309. The van der Waals surface area contributed by atoms with E-state index in [0.717, 1.165) is 5.56 Å². The van der Waals surface area contributed by atoms with E-state index in [9.17, 15) is 0 Å². The van der Waals surface area contributed by atoms with E-state index in [1.54, 1.807) is 7.11 Å². The van der Waals surface area contributed by atoms with Gasteiger partial charge in [0.1, 0.15) is 0 Å². The van der Waals surface area contributed by atoms with Crippen LogP contribution in [0.1, 0.15) is 37.3 Å². The van der Waals surface area contributed by atoms with E-state index in [1.165, 1.54) is 25.7 Å². The van der Waals surface area contributed by atoms with Crippen molar-refractivity contribution in [3.8, 4) is 5.88 Å². The maximum absolute atomic E-state index is 6.21. The first-order chi connectivity index (χ1) is 7.31. The van der Waals surface area contributed by atoms with Gasteiger partial charge in [0, 0.05) is 18.3 Å². The van der Waals surface area contributed by atoms with Gasteiger partial charge in [0.15, 0.2) is 0 Å². The van der Waals surface area contributed by atoms with Crippen molar-refractivity contribution in [3.05, 3.63) is 23.9 Å². The maximum atomic E-state index is 6.21. The Morgan fingerprint density at radius 2 is 2.06 bits per heavy atom. The lowest BCUT2D eigenvalue weighted by atomic mass is 9.94. The van der Waals surface area contributed by atoms with Crippen LogP contribution in [0.5, 0.6) is 5.88 Å². The van der Waals surface area contributed by atoms with Crippen LogP contribution in [0.2, 0.25) is 0 Å². The topological polar surface area (TPSA) is 48.1 Å². The molecule has 0 radical (unpaired) electrons. The van der Waals surface area contributed by atoms with E-state index in [4.69, 9.17) is 10.5 Å². The Hall–Kier alpha value is -0.800. The SMILES string of the molecule is COc1ccc([C@H](N)C2CCCC2)cn1.Cl. The summed E-state index contributed by atoms with van der Waals surface area (Å²) < 4.78 is 5.02. The molecular formula is C12H19ClN2O. The molecule has 2 N–H and O–H groups in total. The smallest absolute Gasteiger partial charge is 0.212 e. The third-order valence-corrected chi connectivity index (χ3v) is 3.26. The van der Waals surface area contributed by atoms with Crippen LogP contribution < -0.4 is 10.5 Å². The first-order valence-electron chi connectivity index (χ1n) is 5.57. The summed E-state index contributed by atoms with van der Waals surface area (Å²) in [6, 6.07) is 4.05. The number of aromatic nitrogens is 1. The normalized spacial score (nSPS) is 17.9. The lowest BCUT2D eigenvalue weighted by Gasteiger charge is -2.18. The predicted molar refractivity (Wildman–Crippen MR) is 66.9 cm³/mol. The molecule has 0 bridgehead atoms.